The third-order valence-corrected chi connectivity index (χ3v) is 9.41. The van der Waals surface area contributed by atoms with Gasteiger partial charge in [-0.2, -0.15) is 0 Å². The molecule has 2 fully saturated rings. The molecule has 1 aliphatic carbocycles. The molecule has 0 bridgehead atoms. The minimum absolute atomic E-state index is 0.0520. The van der Waals surface area contributed by atoms with Gasteiger partial charge in [-0.25, -0.2) is 12.8 Å². The minimum atomic E-state index is -3.86. The highest BCUT2D eigenvalue weighted by atomic mass is 35.5. The molecule has 1 saturated carbocycles. The van der Waals surface area contributed by atoms with E-state index in [4.69, 9.17) is 16.3 Å². The molecule has 4 atom stereocenters. The van der Waals surface area contributed by atoms with Crippen LogP contribution < -0.4 is 4.31 Å². The number of nitrogens with zero attached hydrogens (tertiary/aromatic N) is 2. The third kappa shape index (κ3) is 6.09. The van der Waals surface area contributed by atoms with Gasteiger partial charge in [0, 0.05) is 11.4 Å². The maximum absolute atomic E-state index is 14.9. The molecule has 0 aromatic heterocycles. The molecule has 202 valence electrons. The Labute approximate surface area is 221 Å². The van der Waals surface area contributed by atoms with E-state index in [1.807, 2.05) is 6.92 Å². The molecule has 0 radical (unpaired) electrons. The highest BCUT2D eigenvalue weighted by Crippen LogP contribution is 2.37. The van der Waals surface area contributed by atoms with Crippen LogP contribution >= 0.6 is 11.6 Å². The van der Waals surface area contributed by atoms with E-state index in [2.05, 4.69) is 0 Å². The van der Waals surface area contributed by atoms with Crippen molar-refractivity contribution in [2.45, 2.75) is 62.1 Å². The average Bonchev–Trinajstić information content (AvgIpc) is 3.74. The van der Waals surface area contributed by atoms with E-state index >= 15 is 0 Å². The number of anilines is 1. The number of hydrogen-bond acceptors (Lipinski definition) is 6. The van der Waals surface area contributed by atoms with E-state index in [0.29, 0.717) is 24.3 Å². The van der Waals surface area contributed by atoms with E-state index < -0.39 is 57.9 Å². The standard InChI is InChI=1S/C26H32ClFN2O6S/c1-2-19(14-29(37(34,35)21-11-12-21)23-6-4-3-5-22(23)28)30-24(17-7-9-18(27)10-8-17)16-36-25(26(30)33)13-20(32)15-31/h3-10,19-21,24-25,31-32H,2,11-16H2,1H3. The second-order valence-electron chi connectivity index (χ2n) is 9.50. The molecule has 1 heterocycles. The van der Waals surface area contributed by atoms with E-state index in [9.17, 15) is 27.8 Å². The predicted octanol–water partition coefficient (Wildman–Crippen LogP) is 3.27. The minimum Gasteiger partial charge on any atom is -0.394 e. The summed E-state index contributed by atoms with van der Waals surface area (Å²) in [6.45, 7) is 1.28. The lowest BCUT2D eigenvalue weighted by Crippen LogP contribution is -2.57. The van der Waals surface area contributed by atoms with Crippen LogP contribution in [0, 0.1) is 5.82 Å². The summed E-state index contributed by atoms with van der Waals surface area (Å²) in [5.74, 6) is -1.09. The Kier molecular flexibility index (Phi) is 8.75. The van der Waals surface area contributed by atoms with Crippen molar-refractivity contribution in [2.24, 2.45) is 0 Å². The van der Waals surface area contributed by atoms with Crippen LogP contribution in [0.1, 0.15) is 44.2 Å². The molecule has 0 spiro atoms. The summed E-state index contributed by atoms with van der Waals surface area (Å²) < 4.78 is 48.7. The zero-order chi connectivity index (χ0) is 26.7. The maximum Gasteiger partial charge on any atom is 0.252 e. The lowest BCUT2D eigenvalue weighted by atomic mass is 9.98. The quantitative estimate of drug-likeness (QED) is 0.441. The number of para-hydroxylation sites is 1. The van der Waals surface area contributed by atoms with E-state index in [1.54, 1.807) is 35.2 Å². The molecule has 4 rings (SSSR count). The molecular formula is C26H32ClFN2O6S. The summed E-state index contributed by atoms with van der Waals surface area (Å²) in [7, 11) is -3.86. The zero-order valence-electron chi connectivity index (χ0n) is 20.5. The Morgan fingerprint density at radius 1 is 1.19 bits per heavy atom. The van der Waals surface area contributed by atoms with Crippen molar-refractivity contribution in [1.82, 2.24) is 4.90 Å². The van der Waals surface area contributed by atoms with Crippen LogP contribution in [-0.2, 0) is 19.6 Å². The first kappa shape index (κ1) is 27.8. The third-order valence-electron chi connectivity index (χ3n) is 6.89. The molecule has 4 unspecified atom stereocenters. The number of rotatable bonds is 11. The Bertz CT molecular complexity index is 1190. The van der Waals surface area contributed by atoms with Gasteiger partial charge in [-0.15, -0.1) is 0 Å². The summed E-state index contributed by atoms with van der Waals surface area (Å²) >= 11 is 6.07. The number of amides is 1. The van der Waals surface area contributed by atoms with Gasteiger partial charge < -0.3 is 19.8 Å². The van der Waals surface area contributed by atoms with E-state index in [1.165, 1.54) is 18.2 Å². The van der Waals surface area contributed by atoms with Gasteiger partial charge in [-0.1, -0.05) is 42.8 Å². The highest BCUT2D eigenvalue weighted by molar-refractivity contribution is 7.93. The van der Waals surface area contributed by atoms with Crippen LogP contribution in [0.3, 0.4) is 0 Å². The maximum atomic E-state index is 14.9. The number of carbonyl (C=O) groups is 1. The fourth-order valence-corrected chi connectivity index (χ4v) is 6.71. The number of aliphatic hydroxyl groups is 2. The topological polar surface area (TPSA) is 107 Å². The van der Waals surface area contributed by atoms with Crippen molar-refractivity contribution in [2.75, 3.05) is 24.1 Å². The van der Waals surface area contributed by atoms with Crippen molar-refractivity contribution in [3.05, 3.63) is 64.9 Å². The Hall–Kier alpha value is -2.24. The van der Waals surface area contributed by atoms with Gasteiger partial charge in [0.2, 0.25) is 10.0 Å². The lowest BCUT2D eigenvalue weighted by molar-refractivity contribution is -0.167. The van der Waals surface area contributed by atoms with Gasteiger partial charge in [-0.05, 0) is 49.1 Å². The summed E-state index contributed by atoms with van der Waals surface area (Å²) in [6, 6.07) is 11.5. The van der Waals surface area contributed by atoms with Crippen molar-refractivity contribution >= 4 is 33.2 Å². The van der Waals surface area contributed by atoms with E-state index in [0.717, 1.165) is 9.87 Å². The number of halogens is 2. The molecule has 37 heavy (non-hydrogen) atoms. The highest BCUT2D eigenvalue weighted by Gasteiger charge is 2.45. The number of aliphatic hydroxyl groups excluding tert-OH is 2. The second kappa shape index (κ2) is 11.7. The second-order valence-corrected chi connectivity index (χ2v) is 12.1. The fraction of sp³-hybridized carbons (Fsp3) is 0.500. The fourth-order valence-electron chi connectivity index (χ4n) is 4.69. The molecule has 11 heteroatoms. The number of hydrogen-bond donors (Lipinski definition) is 2. The number of morpholine rings is 1. The van der Waals surface area contributed by atoms with Crippen molar-refractivity contribution < 1.29 is 32.6 Å². The lowest BCUT2D eigenvalue weighted by Gasteiger charge is -2.45. The van der Waals surface area contributed by atoms with E-state index in [-0.39, 0.29) is 25.3 Å². The van der Waals surface area contributed by atoms with Crippen LogP contribution in [0.2, 0.25) is 5.02 Å². The smallest absolute Gasteiger partial charge is 0.252 e. The van der Waals surface area contributed by atoms with Crippen molar-refractivity contribution in [3.8, 4) is 0 Å². The van der Waals surface area contributed by atoms with Crippen LogP contribution in [0.4, 0.5) is 10.1 Å². The molecule has 2 aliphatic rings. The van der Waals surface area contributed by atoms with Gasteiger partial charge in [0.05, 0.1) is 48.9 Å². The average molecular weight is 555 g/mol. The molecular weight excluding hydrogens is 523 g/mol. The van der Waals surface area contributed by atoms with Gasteiger partial charge in [0.25, 0.3) is 5.91 Å². The summed E-state index contributed by atoms with van der Waals surface area (Å²) in [5.41, 5.74) is 0.698. The Morgan fingerprint density at radius 2 is 1.86 bits per heavy atom. The number of sulfonamides is 1. The van der Waals surface area contributed by atoms with Gasteiger partial charge in [0.1, 0.15) is 11.9 Å². The van der Waals surface area contributed by atoms with Crippen LogP contribution in [-0.4, -0.2) is 72.7 Å². The van der Waals surface area contributed by atoms with Gasteiger partial charge in [-0.3, -0.25) is 9.10 Å². The number of ether oxygens (including phenoxy) is 1. The molecule has 1 aliphatic heterocycles. The first-order valence-corrected chi connectivity index (χ1v) is 14.3. The normalized spacial score (nSPS) is 22.1. The monoisotopic (exact) mass is 554 g/mol. The zero-order valence-corrected chi connectivity index (χ0v) is 22.1. The predicted molar refractivity (Wildman–Crippen MR) is 138 cm³/mol. The Morgan fingerprint density at radius 3 is 2.46 bits per heavy atom. The Balaban J connectivity index is 1.72. The molecule has 2 aromatic carbocycles. The number of benzene rings is 2. The van der Waals surface area contributed by atoms with Crippen LogP contribution in [0.5, 0.6) is 0 Å². The summed E-state index contributed by atoms with van der Waals surface area (Å²) in [5, 5.41) is 19.2. The largest absolute Gasteiger partial charge is 0.394 e. The SMILES string of the molecule is CCC(CN(c1ccccc1F)S(=O)(=O)C1CC1)N1C(=O)C(CC(O)CO)OCC1c1ccc(Cl)cc1. The molecule has 2 N–H and O–H groups in total. The first-order valence-electron chi connectivity index (χ1n) is 12.4. The van der Waals surface area contributed by atoms with Gasteiger partial charge >= 0.3 is 0 Å². The molecule has 1 saturated heterocycles. The van der Waals surface area contributed by atoms with Crippen molar-refractivity contribution in [3.63, 3.8) is 0 Å². The van der Waals surface area contributed by atoms with Crippen LogP contribution in [0.15, 0.2) is 48.5 Å². The molecule has 1 amide bonds. The molecule has 8 nitrogen and oxygen atoms in total. The van der Waals surface area contributed by atoms with Crippen molar-refractivity contribution in [1.29, 1.82) is 0 Å². The first-order chi connectivity index (χ1) is 17.7. The van der Waals surface area contributed by atoms with Gasteiger partial charge in [0.15, 0.2) is 0 Å². The summed E-state index contributed by atoms with van der Waals surface area (Å²) in [6.07, 6.45) is -0.859. The number of carbonyl (C=O) groups excluding carboxylic acids is 1. The summed E-state index contributed by atoms with van der Waals surface area (Å²) in [4.78, 5) is 15.3. The molecule has 2 aromatic rings. The van der Waals surface area contributed by atoms with Crippen LogP contribution in [0.25, 0.3) is 0 Å².